The summed E-state index contributed by atoms with van der Waals surface area (Å²) in [5.74, 6) is -0.555. The number of esters is 1. The number of hydrogen-bond acceptors (Lipinski definition) is 2. The van der Waals surface area contributed by atoms with Crippen molar-refractivity contribution >= 4 is 5.97 Å². The molecule has 0 radical (unpaired) electrons. The van der Waals surface area contributed by atoms with Crippen molar-refractivity contribution in [2.75, 3.05) is 6.73 Å². The molecule has 0 aliphatic carbocycles. The van der Waals surface area contributed by atoms with Gasteiger partial charge in [0.1, 0.15) is 0 Å². The number of nitrogens with zero attached hydrogens (tertiary/aromatic N) is 1. The van der Waals surface area contributed by atoms with Crippen LogP contribution in [0.2, 0.25) is 0 Å². The van der Waals surface area contributed by atoms with Crippen molar-refractivity contribution in [2.45, 2.75) is 0 Å². The highest BCUT2D eigenvalue weighted by atomic mass is 16.5. The number of rotatable bonds is 2. The summed E-state index contributed by atoms with van der Waals surface area (Å²) in [7, 11) is 0. The first-order valence-corrected chi connectivity index (χ1v) is 1.93. The first-order valence-electron chi connectivity index (χ1n) is 1.93. The van der Waals surface area contributed by atoms with Crippen LogP contribution in [0.4, 0.5) is 0 Å². The van der Waals surface area contributed by atoms with Gasteiger partial charge in [-0.15, -0.1) is 0 Å². The maximum Gasteiger partial charge on any atom is 0.359 e. The standard InChI is InChI=1S/C5H5NO2/c1-3-5(7)8-4-6-2/h3H,1,4H2. The van der Waals surface area contributed by atoms with Gasteiger partial charge >= 0.3 is 12.7 Å². The van der Waals surface area contributed by atoms with Crippen molar-refractivity contribution in [3.05, 3.63) is 24.1 Å². The SMILES string of the molecule is [C-]#[N+]COC(=O)C=C. The van der Waals surface area contributed by atoms with E-state index in [-0.39, 0.29) is 6.73 Å². The quantitative estimate of drug-likeness (QED) is 0.296. The van der Waals surface area contributed by atoms with Crippen LogP contribution in [0.25, 0.3) is 4.85 Å². The summed E-state index contributed by atoms with van der Waals surface area (Å²) in [4.78, 5) is 12.9. The zero-order chi connectivity index (χ0) is 6.41. The Morgan fingerprint density at radius 3 is 3.00 bits per heavy atom. The van der Waals surface area contributed by atoms with E-state index >= 15 is 0 Å². The van der Waals surface area contributed by atoms with E-state index in [4.69, 9.17) is 6.57 Å². The Morgan fingerprint density at radius 2 is 2.62 bits per heavy atom. The Balaban J connectivity index is 3.28. The van der Waals surface area contributed by atoms with Crippen LogP contribution in [0.5, 0.6) is 0 Å². The summed E-state index contributed by atoms with van der Waals surface area (Å²) in [6.45, 7) is 9.10. The number of ether oxygens (including phenoxy) is 1. The van der Waals surface area contributed by atoms with Gasteiger partial charge in [-0.05, 0) is 0 Å². The molecule has 0 unspecified atom stereocenters. The number of hydrogen-bond donors (Lipinski definition) is 0. The summed E-state index contributed by atoms with van der Waals surface area (Å²) in [6, 6.07) is 0. The third kappa shape index (κ3) is 2.91. The normalized spacial score (nSPS) is 6.88. The van der Waals surface area contributed by atoms with Crippen LogP contribution < -0.4 is 0 Å². The zero-order valence-electron chi connectivity index (χ0n) is 4.26. The van der Waals surface area contributed by atoms with Crippen molar-refractivity contribution < 1.29 is 9.53 Å². The van der Waals surface area contributed by atoms with Crippen molar-refractivity contribution in [3.8, 4) is 0 Å². The summed E-state index contributed by atoms with van der Waals surface area (Å²) in [6.07, 6.45) is 1.02. The Morgan fingerprint density at radius 1 is 2.00 bits per heavy atom. The van der Waals surface area contributed by atoms with Crippen molar-refractivity contribution in [1.82, 2.24) is 0 Å². The van der Waals surface area contributed by atoms with E-state index in [0.717, 1.165) is 6.08 Å². The lowest BCUT2D eigenvalue weighted by Gasteiger charge is -1.86. The van der Waals surface area contributed by atoms with E-state index in [1.165, 1.54) is 0 Å². The molecule has 0 rings (SSSR count). The first-order chi connectivity index (χ1) is 3.81. The topological polar surface area (TPSA) is 30.7 Å². The lowest BCUT2D eigenvalue weighted by atomic mass is 10.7. The van der Waals surface area contributed by atoms with Gasteiger partial charge < -0.3 is 4.74 Å². The molecule has 3 nitrogen and oxygen atoms in total. The van der Waals surface area contributed by atoms with Crippen molar-refractivity contribution in [1.29, 1.82) is 0 Å². The molecule has 42 valence electrons. The molecule has 0 N–H and O–H groups in total. The van der Waals surface area contributed by atoms with Gasteiger partial charge in [-0.25, -0.2) is 11.4 Å². The predicted octanol–water partition coefficient (Wildman–Crippen LogP) is 0.592. The highest BCUT2D eigenvalue weighted by Gasteiger charge is 1.91. The van der Waals surface area contributed by atoms with Gasteiger partial charge in [-0.1, -0.05) is 6.58 Å². The second-order valence-electron chi connectivity index (χ2n) is 0.955. The summed E-state index contributed by atoms with van der Waals surface area (Å²) >= 11 is 0. The van der Waals surface area contributed by atoms with E-state index in [2.05, 4.69) is 16.2 Å². The largest absolute Gasteiger partial charge is 0.390 e. The molecule has 0 aromatic rings. The lowest BCUT2D eigenvalue weighted by molar-refractivity contribution is -0.136. The smallest absolute Gasteiger partial charge is 0.359 e. The van der Waals surface area contributed by atoms with Crippen LogP contribution in [0.1, 0.15) is 0 Å². The van der Waals surface area contributed by atoms with Crippen LogP contribution in [-0.4, -0.2) is 12.7 Å². The fraction of sp³-hybridized carbons (Fsp3) is 0.200. The third-order valence-corrected chi connectivity index (χ3v) is 0.438. The molecule has 0 saturated carbocycles. The fourth-order valence-corrected chi connectivity index (χ4v) is 0.155. The van der Waals surface area contributed by atoms with Crippen molar-refractivity contribution in [2.24, 2.45) is 0 Å². The molecule has 0 spiro atoms. The van der Waals surface area contributed by atoms with E-state index in [0.29, 0.717) is 0 Å². The van der Waals surface area contributed by atoms with Gasteiger partial charge in [0.05, 0.1) is 0 Å². The van der Waals surface area contributed by atoms with Crippen LogP contribution in [0.15, 0.2) is 12.7 Å². The molecular weight excluding hydrogens is 106 g/mol. The molecule has 0 fully saturated rings. The molecule has 3 heteroatoms. The second kappa shape index (κ2) is 3.88. The molecule has 0 aliphatic rings. The van der Waals surface area contributed by atoms with Gasteiger partial charge in [-0.2, -0.15) is 0 Å². The Hall–Kier alpha value is -1.30. The van der Waals surface area contributed by atoms with E-state index < -0.39 is 5.97 Å². The minimum absolute atomic E-state index is 0.217. The number of carbonyl (C=O) groups is 1. The first kappa shape index (κ1) is 6.70. The molecule has 0 bridgehead atoms. The Labute approximate surface area is 47.4 Å². The molecule has 0 aromatic heterocycles. The van der Waals surface area contributed by atoms with Gasteiger partial charge in [0.2, 0.25) is 0 Å². The Bertz CT molecular complexity index is 134. The zero-order valence-corrected chi connectivity index (χ0v) is 4.26. The molecule has 0 atom stereocenters. The number of carbonyl (C=O) groups excluding carboxylic acids is 1. The Kier molecular flexibility index (Phi) is 3.25. The van der Waals surface area contributed by atoms with Crippen LogP contribution in [0, 0.1) is 6.57 Å². The lowest BCUT2D eigenvalue weighted by Crippen LogP contribution is -1.97. The third-order valence-electron chi connectivity index (χ3n) is 0.438. The predicted molar refractivity (Wildman–Crippen MR) is 27.8 cm³/mol. The van der Waals surface area contributed by atoms with Gasteiger partial charge in [0.25, 0.3) is 0 Å². The molecule has 0 heterocycles. The maximum atomic E-state index is 10.1. The summed E-state index contributed by atoms with van der Waals surface area (Å²) < 4.78 is 4.23. The van der Waals surface area contributed by atoms with E-state index in [1.807, 2.05) is 0 Å². The molecule has 0 saturated heterocycles. The van der Waals surface area contributed by atoms with Gasteiger partial charge in [-0.3, -0.25) is 4.85 Å². The second-order valence-corrected chi connectivity index (χ2v) is 0.955. The van der Waals surface area contributed by atoms with Gasteiger partial charge in [0, 0.05) is 6.08 Å². The molecular formula is C5H5NO2. The molecule has 0 amide bonds. The highest BCUT2D eigenvalue weighted by molar-refractivity contribution is 5.81. The van der Waals surface area contributed by atoms with E-state index in [9.17, 15) is 4.79 Å². The van der Waals surface area contributed by atoms with Gasteiger partial charge in [0.15, 0.2) is 0 Å². The molecule has 8 heavy (non-hydrogen) atoms. The summed E-state index contributed by atoms with van der Waals surface area (Å²) in [5, 5.41) is 0. The fourth-order valence-electron chi connectivity index (χ4n) is 0.155. The van der Waals surface area contributed by atoms with Crippen LogP contribution in [-0.2, 0) is 9.53 Å². The average Bonchev–Trinajstić information content (AvgIpc) is 1.83. The maximum absolute atomic E-state index is 10.1. The highest BCUT2D eigenvalue weighted by Crippen LogP contribution is 1.77. The minimum atomic E-state index is -0.555. The van der Waals surface area contributed by atoms with Crippen molar-refractivity contribution in [3.63, 3.8) is 0 Å². The van der Waals surface area contributed by atoms with Crippen LogP contribution in [0.3, 0.4) is 0 Å². The average molecular weight is 111 g/mol. The molecule has 0 aliphatic heterocycles. The van der Waals surface area contributed by atoms with E-state index in [1.54, 1.807) is 0 Å². The molecule has 0 aromatic carbocycles. The minimum Gasteiger partial charge on any atom is -0.390 e. The monoisotopic (exact) mass is 111 g/mol. The summed E-state index contributed by atoms with van der Waals surface area (Å²) in [5.41, 5.74) is 0. The van der Waals surface area contributed by atoms with Crippen LogP contribution >= 0.6 is 0 Å².